The molecular formula is C19H20ClN3OS. The zero-order valence-electron chi connectivity index (χ0n) is 14.3. The van der Waals surface area contributed by atoms with Gasteiger partial charge in [0.1, 0.15) is 0 Å². The summed E-state index contributed by atoms with van der Waals surface area (Å²) in [5.74, 6) is 0. The Labute approximate surface area is 155 Å². The summed E-state index contributed by atoms with van der Waals surface area (Å²) >= 11 is 7.92. The van der Waals surface area contributed by atoms with Crippen LogP contribution in [0.15, 0.2) is 40.5 Å². The number of aryl methyl sites for hydroxylation is 1. The van der Waals surface area contributed by atoms with Gasteiger partial charge in [0.2, 0.25) is 0 Å². The lowest BCUT2D eigenvalue weighted by atomic mass is 10.1. The Balaban J connectivity index is 1.67. The van der Waals surface area contributed by atoms with Gasteiger partial charge in [0.05, 0.1) is 5.69 Å². The Morgan fingerprint density at radius 3 is 2.88 bits per heavy atom. The molecule has 4 nitrogen and oxygen atoms in total. The van der Waals surface area contributed by atoms with Crippen LogP contribution in [0.3, 0.4) is 0 Å². The molecule has 3 aromatic rings. The van der Waals surface area contributed by atoms with Crippen LogP contribution in [0, 0.1) is 6.92 Å². The minimum absolute atomic E-state index is 0.0000986. The molecule has 1 aromatic carbocycles. The van der Waals surface area contributed by atoms with Crippen molar-refractivity contribution < 1.29 is 0 Å². The minimum atomic E-state index is -0.0000986. The van der Waals surface area contributed by atoms with E-state index < -0.39 is 0 Å². The van der Waals surface area contributed by atoms with Crippen molar-refractivity contribution in [3.05, 3.63) is 68.0 Å². The molecule has 1 atom stereocenters. The number of benzene rings is 1. The number of halogens is 1. The lowest BCUT2D eigenvalue weighted by molar-refractivity contribution is 0.188. The van der Waals surface area contributed by atoms with Gasteiger partial charge in [-0.2, -0.15) is 0 Å². The van der Waals surface area contributed by atoms with Crippen LogP contribution in [0.4, 0.5) is 0 Å². The molecule has 0 N–H and O–H groups in total. The second-order valence-corrected chi connectivity index (χ2v) is 7.93. The number of hydrogen-bond acceptors (Lipinski definition) is 4. The molecule has 130 valence electrons. The second kappa shape index (κ2) is 6.56. The second-order valence-electron chi connectivity index (χ2n) is 6.68. The summed E-state index contributed by atoms with van der Waals surface area (Å²) in [7, 11) is 0. The number of aromatic nitrogens is 2. The molecule has 0 aliphatic heterocycles. The maximum atomic E-state index is 12.4. The van der Waals surface area contributed by atoms with Crippen molar-refractivity contribution >= 4 is 27.9 Å². The van der Waals surface area contributed by atoms with Crippen LogP contribution in [-0.4, -0.2) is 20.3 Å². The molecule has 0 amide bonds. The Kier molecular flexibility index (Phi) is 4.40. The zero-order chi connectivity index (χ0) is 17.6. The van der Waals surface area contributed by atoms with Crippen molar-refractivity contribution in [1.29, 1.82) is 0 Å². The number of hydrogen-bond donors (Lipinski definition) is 0. The van der Waals surface area contributed by atoms with Crippen LogP contribution in [0.2, 0.25) is 5.02 Å². The number of thiazole rings is 1. The summed E-state index contributed by atoms with van der Waals surface area (Å²) in [6.45, 7) is 4.78. The van der Waals surface area contributed by atoms with Crippen LogP contribution in [0.25, 0.3) is 4.96 Å². The van der Waals surface area contributed by atoms with Crippen LogP contribution in [0.1, 0.15) is 42.8 Å². The highest BCUT2D eigenvalue weighted by Gasteiger charge is 2.33. The number of fused-ring (bicyclic) bond motifs is 1. The minimum Gasteiger partial charge on any atom is -0.288 e. The average molecular weight is 374 g/mol. The van der Waals surface area contributed by atoms with Crippen molar-refractivity contribution in [1.82, 2.24) is 14.3 Å². The molecule has 1 saturated carbocycles. The first-order valence-electron chi connectivity index (χ1n) is 8.51. The maximum Gasteiger partial charge on any atom is 0.259 e. The molecule has 1 unspecified atom stereocenters. The molecule has 25 heavy (non-hydrogen) atoms. The normalized spacial score (nSPS) is 15.8. The first-order valence-corrected chi connectivity index (χ1v) is 9.77. The third-order valence-electron chi connectivity index (χ3n) is 4.84. The van der Waals surface area contributed by atoms with E-state index in [2.05, 4.69) is 17.9 Å². The fourth-order valence-corrected chi connectivity index (χ4v) is 4.53. The molecule has 1 aliphatic rings. The molecule has 0 saturated heterocycles. The largest absolute Gasteiger partial charge is 0.288 e. The molecule has 1 aliphatic carbocycles. The first kappa shape index (κ1) is 16.8. The molecule has 1 fully saturated rings. The Morgan fingerprint density at radius 1 is 1.40 bits per heavy atom. The highest BCUT2D eigenvalue weighted by molar-refractivity contribution is 7.15. The monoisotopic (exact) mass is 373 g/mol. The van der Waals surface area contributed by atoms with E-state index >= 15 is 0 Å². The Bertz CT molecular complexity index is 976. The Morgan fingerprint density at radius 2 is 2.16 bits per heavy atom. The van der Waals surface area contributed by atoms with Gasteiger partial charge < -0.3 is 0 Å². The zero-order valence-corrected chi connectivity index (χ0v) is 15.8. The molecule has 2 aromatic heterocycles. The average Bonchev–Trinajstić information content (AvgIpc) is 3.36. The van der Waals surface area contributed by atoms with E-state index in [4.69, 9.17) is 16.6 Å². The van der Waals surface area contributed by atoms with Gasteiger partial charge in [-0.05, 0) is 38.3 Å². The predicted molar refractivity (Wildman–Crippen MR) is 103 cm³/mol. The molecule has 0 radical (unpaired) electrons. The lowest BCUT2D eigenvalue weighted by Crippen LogP contribution is -2.30. The highest BCUT2D eigenvalue weighted by atomic mass is 35.5. The number of rotatable bonds is 5. The molecule has 0 bridgehead atoms. The van der Waals surface area contributed by atoms with E-state index in [0.29, 0.717) is 12.6 Å². The summed E-state index contributed by atoms with van der Waals surface area (Å²) < 4.78 is 1.67. The fourth-order valence-electron chi connectivity index (χ4n) is 3.35. The van der Waals surface area contributed by atoms with Gasteiger partial charge in [-0.15, -0.1) is 11.3 Å². The van der Waals surface area contributed by atoms with E-state index in [0.717, 1.165) is 26.9 Å². The van der Waals surface area contributed by atoms with Crippen molar-refractivity contribution in [2.75, 3.05) is 0 Å². The SMILES string of the molecule is Cc1csc2nc(CN(C3CC3)C(C)c3ccccc3Cl)cc(=O)n12. The van der Waals surface area contributed by atoms with E-state index in [9.17, 15) is 4.79 Å². The molecule has 6 heteroatoms. The third kappa shape index (κ3) is 3.24. The van der Waals surface area contributed by atoms with Crippen molar-refractivity contribution in [2.24, 2.45) is 0 Å². The fraction of sp³-hybridized carbons (Fsp3) is 0.368. The number of nitrogens with zero attached hydrogens (tertiary/aromatic N) is 3. The van der Waals surface area contributed by atoms with Gasteiger partial charge in [0.15, 0.2) is 4.96 Å². The third-order valence-corrected chi connectivity index (χ3v) is 6.13. The van der Waals surface area contributed by atoms with Crippen LogP contribution in [0.5, 0.6) is 0 Å². The van der Waals surface area contributed by atoms with Crippen molar-refractivity contribution in [3.8, 4) is 0 Å². The van der Waals surface area contributed by atoms with Gasteiger partial charge in [-0.1, -0.05) is 29.8 Å². The van der Waals surface area contributed by atoms with Crippen molar-refractivity contribution in [3.63, 3.8) is 0 Å². The van der Waals surface area contributed by atoms with E-state index in [-0.39, 0.29) is 11.6 Å². The molecule has 2 heterocycles. The van der Waals surface area contributed by atoms with Gasteiger partial charge in [0.25, 0.3) is 5.56 Å². The van der Waals surface area contributed by atoms with Gasteiger partial charge in [-0.3, -0.25) is 14.1 Å². The van der Waals surface area contributed by atoms with Gasteiger partial charge >= 0.3 is 0 Å². The topological polar surface area (TPSA) is 37.6 Å². The van der Waals surface area contributed by atoms with Crippen molar-refractivity contribution in [2.45, 2.75) is 45.3 Å². The van der Waals surface area contributed by atoms with Gasteiger partial charge in [0, 0.05) is 40.8 Å². The van der Waals surface area contributed by atoms with Crippen LogP contribution >= 0.6 is 22.9 Å². The standard InChI is InChI=1S/C19H20ClN3OS/c1-12-11-25-19-21-14(9-18(24)23(12)19)10-22(15-7-8-15)13(2)16-5-3-4-6-17(16)20/h3-6,9,11,13,15H,7-8,10H2,1-2H3. The lowest BCUT2D eigenvalue weighted by Gasteiger charge is -2.29. The summed E-state index contributed by atoms with van der Waals surface area (Å²) in [5.41, 5.74) is 2.89. The Hall–Kier alpha value is -1.69. The first-order chi connectivity index (χ1) is 12.0. The smallest absolute Gasteiger partial charge is 0.259 e. The van der Waals surface area contributed by atoms with Crippen LogP contribution < -0.4 is 5.56 Å². The molecular weight excluding hydrogens is 354 g/mol. The summed E-state index contributed by atoms with van der Waals surface area (Å²) in [6, 6.07) is 10.4. The van der Waals surface area contributed by atoms with Crippen LogP contribution in [-0.2, 0) is 6.54 Å². The quantitative estimate of drug-likeness (QED) is 0.663. The van der Waals surface area contributed by atoms with E-state index in [1.807, 2.05) is 30.5 Å². The molecule has 4 rings (SSSR count). The summed E-state index contributed by atoms with van der Waals surface area (Å²) in [5, 5.41) is 2.76. The summed E-state index contributed by atoms with van der Waals surface area (Å²) in [4.78, 5) is 20.3. The van der Waals surface area contributed by atoms with E-state index in [1.165, 1.54) is 24.2 Å². The highest BCUT2D eigenvalue weighted by Crippen LogP contribution is 2.37. The predicted octanol–water partition coefficient (Wildman–Crippen LogP) is 4.44. The van der Waals surface area contributed by atoms with Gasteiger partial charge in [-0.25, -0.2) is 4.98 Å². The van der Waals surface area contributed by atoms with E-state index in [1.54, 1.807) is 10.5 Å². The maximum absolute atomic E-state index is 12.4. The summed E-state index contributed by atoms with van der Waals surface area (Å²) in [6.07, 6.45) is 2.38. The molecule has 0 spiro atoms.